The number of aliphatic hydroxyl groups is 1. The average molecular weight is 605 g/mol. The van der Waals surface area contributed by atoms with Gasteiger partial charge in [0.1, 0.15) is 5.84 Å². The molecule has 0 aliphatic carbocycles. The van der Waals surface area contributed by atoms with Crippen molar-refractivity contribution in [3.63, 3.8) is 0 Å². The van der Waals surface area contributed by atoms with Crippen molar-refractivity contribution in [2.24, 2.45) is 4.99 Å². The molecule has 4 rings (SSSR count). The maximum Gasteiger partial charge on any atom is 0.328 e. The Balaban J connectivity index is 1.60. The lowest BCUT2D eigenvalue weighted by Gasteiger charge is -2.51. The molecule has 9 nitrogen and oxygen atoms in total. The highest BCUT2D eigenvalue weighted by molar-refractivity contribution is 6.05. The van der Waals surface area contributed by atoms with Crippen LogP contribution in [0.2, 0.25) is 0 Å². The Morgan fingerprint density at radius 3 is 2.25 bits per heavy atom. The van der Waals surface area contributed by atoms with Crippen molar-refractivity contribution < 1.29 is 14.7 Å². The zero-order chi connectivity index (χ0) is 31.5. The van der Waals surface area contributed by atoms with Gasteiger partial charge >= 0.3 is 6.03 Å². The minimum Gasteiger partial charge on any atom is -0.399 e. The Morgan fingerprint density at radius 1 is 0.886 bits per heavy atom. The van der Waals surface area contributed by atoms with E-state index in [9.17, 15) is 14.7 Å². The number of fused-ring (bicyclic) bond motifs is 1. The summed E-state index contributed by atoms with van der Waals surface area (Å²) in [6.45, 7) is 8.09. The van der Waals surface area contributed by atoms with Crippen LogP contribution in [0.4, 0.5) is 10.5 Å². The number of hydrogen-bond acceptors (Lipinski definition) is 7. The molecule has 3 amide bonds. The topological polar surface area (TPSA) is 106 Å². The Bertz CT molecular complexity index is 1240. The summed E-state index contributed by atoms with van der Waals surface area (Å²) in [7, 11) is 0. The van der Waals surface area contributed by atoms with Crippen molar-refractivity contribution in [2.45, 2.75) is 96.7 Å². The van der Waals surface area contributed by atoms with Gasteiger partial charge in [0, 0.05) is 38.3 Å². The molecule has 0 aromatic heterocycles. The number of hydrogen-bond donors (Lipinski definition) is 2. The number of hydrazine groups is 1. The number of carbonyl (C=O) groups excluding carboxylic acids is 2. The van der Waals surface area contributed by atoms with Crippen LogP contribution in [-0.4, -0.2) is 87.2 Å². The number of benzene rings is 2. The number of aliphatic hydroxyl groups excluding tert-OH is 1. The number of amidine groups is 1. The molecule has 0 saturated carbocycles. The number of likely N-dealkylation sites (N-methyl/N-ethyl adjacent to an activating group) is 1. The second kappa shape index (κ2) is 16.0. The number of rotatable bonds is 18. The number of imide groups is 1. The molecule has 2 unspecified atom stereocenters. The smallest absolute Gasteiger partial charge is 0.328 e. The average Bonchev–Trinajstić information content (AvgIpc) is 3.36. The van der Waals surface area contributed by atoms with Gasteiger partial charge in [-0.2, -0.15) is 0 Å². The zero-order valence-electron chi connectivity index (χ0n) is 27.0. The number of unbranched alkanes of at least 4 members (excludes halogenated alkanes) is 5. The maximum atomic E-state index is 14.4. The molecule has 0 spiro atoms. The van der Waals surface area contributed by atoms with Gasteiger partial charge in [-0.1, -0.05) is 88.9 Å². The van der Waals surface area contributed by atoms with Crippen LogP contribution in [0.15, 0.2) is 59.6 Å². The fourth-order valence-electron chi connectivity index (χ4n) is 6.62. The number of urea groups is 1. The predicted molar refractivity (Wildman–Crippen MR) is 177 cm³/mol. The van der Waals surface area contributed by atoms with Gasteiger partial charge in [-0.25, -0.2) is 14.8 Å². The Hall–Kier alpha value is -3.43. The molecule has 1 saturated heterocycles. The van der Waals surface area contributed by atoms with Crippen molar-refractivity contribution in [3.05, 3.63) is 65.7 Å². The SMILES string of the molecule is CCCCCN1C(=O)C2N(N(CC)CCO)C(Cc3ccccc3)=NC2(CC)N(CCCCCCc2ccc(N)cc2)C1=O. The van der Waals surface area contributed by atoms with E-state index in [0.717, 1.165) is 68.5 Å². The lowest BCUT2D eigenvalue weighted by atomic mass is 9.91. The molecule has 2 aliphatic heterocycles. The molecular formula is C35H52N6O3. The molecule has 0 bridgehead atoms. The third-order valence-electron chi connectivity index (χ3n) is 9.01. The highest BCUT2D eigenvalue weighted by Gasteiger charge is 2.62. The van der Waals surface area contributed by atoms with E-state index in [2.05, 4.69) is 31.2 Å². The summed E-state index contributed by atoms with van der Waals surface area (Å²) in [5, 5.41) is 14.0. The monoisotopic (exact) mass is 604 g/mol. The Kier molecular flexibility index (Phi) is 12.2. The molecule has 2 heterocycles. The van der Waals surface area contributed by atoms with E-state index in [-0.39, 0.29) is 18.5 Å². The third kappa shape index (κ3) is 7.44. The van der Waals surface area contributed by atoms with Crippen LogP contribution in [0, 0.1) is 0 Å². The van der Waals surface area contributed by atoms with Gasteiger partial charge in [-0.05, 0) is 55.4 Å². The fourth-order valence-corrected chi connectivity index (χ4v) is 6.62. The lowest BCUT2D eigenvalue weighted by molar-refractivity contribution is -0.151. The van der Waals surface area contributed by atoms with Gasteiger partial charge in [0.2, 0.25) is 0 Å². The number of nitrogens with zero attached hydrogens (tertiary/aromatic N) is 5. The van der Waals surface area contributed by atoms with Gasteiger partial charge in [-0.3, -0.25) is 19.6 Å². The van der Waals surface area contributed by atoms with Crippen molar-refractivity contribution in [1.82, 2.24) is 19.8 Å². The molecular weight excluding hydrogens is 552 g/mol. The van der Waals surface area contributed by atoms with Crippen molar-refractivity contribution >= 4 is 23.5 Å². The summed E-state index contributed by atoms with van der Waals surface area (Å²) < 4.78 is 0. The quantitative estimate of drug-likeness (QED) is 0.172. The summed E-state index contributed by atoms with van der Waals surface area (Å²) in [5.41, 5.74) is 7.99. The molecule has 2 atom stereocenters. The van der Waals surface area contributed by atoms with E-state index in [1.54, 1.807) is 0 Å². The first-order valence-corrected chi connectivity index (χ1v) is 16.6. The van der Waals surface area contributed by atoms with Gasteiger partial charge in [0.15, 0.2) is 11.7 Å². The number of carbonyl (C=O) groups is 2. The molecule has 1 fully saturated rings. The van der Waals surface area contributed by atoms with E-state index in [1.165, 1.54) is 10.5 Å². The summed E-state index contributed by atoms with van der Waals surface area (Å²) in [6, 6.07) is 17.3. The minimum atomic E-state index is -0.994. The van der Waals surface area contributed by atoms with Crippen LogP contribution in [0.5, 0.6) is 0 Å². The molecule has 44 heavy (non-hydrogen) atoms. The molecule has 9 heteroatoms. The van der Waals surface area contributed by atoms with E-state index in [0.29, 0.717) is 39.0 Å². The van der Waals surface area contributed by atoms with Gasteiger partial charge < -0.3 is 10.8 Å². The zero-order valence-corrected chi connectivity index (χ0v) is 27.0. The summed E-state index contributed by atoms with van der Waals surface area (Å²) in [4.78, 5) is 37.3. The standard InChI is InChI=1S/C35H52N6O3/c1-4-7-14-23-39-33(43)32-35(5-2,37-31(27-29-17-12-10-13-18-29)41(32)38(6-3)25-26-42)40(34(39)44)24-15-9-8-11-16-28-19-21-30(36)22-20-28/h10,12-13,17-22,32,42H,4-9,11,14-16,23-27,36H2,1-3H3. The number of nitrogens with two attached hydrogens (primary N) is 1. The van der Waals surface area contributed by atoms with E-state index >= 15 is 0 Å². The normalized spacial score (nSPS) is 20.1. The fraction of sp³-hybridized carbons (Fsp3) is 0.571. The first kappa shape index (κ1) is 33.5. The number of amides is 3. The molecule has 2 aliphatic rings. The van der Waals surface area contributed by atoms with Crippen LogP contribution >= 0.6 is 0 Å². The van der Waals surface area contributed by atoms with Gasteiger partial charge in [-0.15, -0.1) is 0 Å². The van der Waals surface area contributed by atoms with Crippen LogP contribution < -0.4 is 5.73 Å². The van der Waals surface area contributed by atoms with Crippen molar-refractivity contribution in [3.8, 4) is 0 Å². The van der Waals surface area contributed by atoms with Crippen LogP contribution in [-0.2, 0) is 17.6 Å². The van der Waals surface area contributed by atoms with E-state index < -0.39 is 11.7 Å². The second-order valence-electron chi connectivity index (χ2n) is 12.0. The first-order valence-electron chi connectivity index (χ1n) is 16.6. The maximum absolute atomic E-state index is 14.4. The van der Waals surface area contributed by atoms with E-state index in [4.69, 9.17) is 10.7 Å². The highest BCUT2D eigenvalue weighted by atomic mass is 16.3. The van der Waals surface area contributed by atoms with Crippen LogP contribution in [0.3, 0.4) is 0 Å². The van der Waals surface area contributed by atoms with E-state index in [1.807, 2.05) is 59.1 Å². The number of nitrogen functional groups attached to an aromatic ring is 1. The largest absolute Gasteiger partial charge is 0.399 e. The molecule has 240 valence electrons. The summed E-state index contributed by atoms with van der Waals surface area (Å²) >= 11 is 0. The molecule has 2 aromatic rings. The Labute approximate surface area is 263 Å². The number of anilines is 1. The van der Waals surface area contributed by atoms with Crippen LogP contribution in [0.25, 0.3) is 0 Å². The molecule has 0 radical (unpaired) electrons. The minimum absolute atomic E-state index is 0.0395. The van der Waals surface area contributed by atoms with Crippen molar-refractivity contribution in [1.29, 1.82) is 0 Å². The number of aryl methyl sites for hydroxylation is 1. The van der Waals surface area contributed by atoms with Crippen molar-refractivity contribution in [2.75, 3.05) is 38.5 Å². The predicted octanol–water partition coefficient (Wildman–Crippen LogP) is 5.49. The second-order valence-corrected chi connectivity index (χ2v) is 12.0. The van der Waals surface area contributed by atoms with Crippen LogP contribution in [0.1, 0.15) is 83.3 Å². The first-order chi connectivity index (χ1) is 21.4. The Morgan fingerprint density at radius 2 is 1.59 bits per heavy atom. The van der Waals surface area contributed by atoms with Gasteiger partial charge in [0.25, 0.3) is 5.91 Å². The lowest BCUT2D eigenvalue weighted by Crippen LogP contribution is -2.73. The summed E-state index contributed by atoms with van der Waals surface area (Å²) in [6.07, 6.45) is 8.78. The third-order valence-corrected chi connectivity index (χ3v) is 9.01. The molecule has 2 aromatic carbocycles. The summed E-state index contributed by atoms with van der Waals surface area (Å²) in [5.74, 6) is 0.583. The number of aliphatic imine (C=N–C) groups is 1. The molecule has 3 N–H and O–H groups in total. The van der Waals surface area contributed by atoms with Gasteiger partial charge in [0.05, 0.1) is 6.61 Å². The highest BCUT2D eigenvalue weighted by Crippen LogP contribution is 2.42.